The fourth-order valence-electron chi connectivity index (χ4n) is 3.69. The number of imidazole rings is 1. The molecule has 0 N–H and O–H groups in total. The summed E-state index contributed by atoms with van der Waals surface area (Å²) < 4.78 is 3.99. The van der Waals surface area contributed by atoms with Crippen LogP contribution in [0.15, 0.2) is 24.8 Å². The molecule has 0 fully saturated rings. The number of carbonyl (C=O) groups is 1. The van der Waals surface area contributed by atoms with Crippen LogP contribution < -0.4 is 0 Å². The van der Waals surface area contributed by atoms with Crippen LogP contribution in [0.5, 0.6) is 0 Å². The summed E-state index contributed by atoms with van der Waals surface area (Å²) in [6, 6.07) is 2.04. The topological polar surface area (TPSA) is 65.6 Å². The van der Waals surface area contributed by atoms with Gasteiger partial charge in [-0.25, -0.2) is 4.98 Å². The van der Waals surface area contributed by atoms with E-state index in [1.807, 2.05) is 31.7 Å². The molecule has 0 saturated carbocycles. The molecule has 0 aliphatic carbocycles. The number of Topliss-reactive ketones (excluding diaryl/α,β-unsaturated/α-hetero) is 1. The third kappa shape index (κ3) is 2.77. The van der Waals surface area contributed by atoms with Crippen molar-refractivity contribution in [2.75, 3.05) is 0 Å². The standard InChI is InChI=1S/C19H23N5O/c1-11-9-12(2)17(13(3)16(11)15(5)25)19-20-7-8-24(19)14(4)18-22-21-10-23(18)6/h7-10,14H,1-6H3/t14-/m0/s1. The SMILES string of the molecule is CC(=O)c1c(C)cc(C)c(-c2nccn2[C@@H](C)c2nncn2C)c1C. The summed E-state index contributed by atoms with van der Waals surface area (Å²) in [7, 11) is 1.93. The smallest absolute Gasteiger partial charge is 0.160 e. The third-order valence-electron chi connectivity index (χ3n) is 4.75. The average Bonchev–Trinajstić information content (AvgIpc) is 3.14. The van der Waals surface area contributed by atoms with E-state index in [-0.39, 0.29) is 11.8 Å². The normalized spacial score (nSPS) is 12.4. The highest BCUT2D eigenvalue weighted by Gasteiger charge is 2.22. The minimum absolute atomic E-state index is 0.0223. The second kappa shape index (κ2) is 6.27. The van der Waals surface area contributed by atoms with E-state index < -0.39 is 0 Å². The van der Waals surface area contributed by atoms with Crippen LogP contribution in [0.3, 0.4) is 0 Å². The predicted octanol–water partition coefficient (Wildman–Crippen LogP) is 3.42. The molecule has 0 aliphatic heterocycles. The van der Waals surface area contributed by atoms with Gasteiger partial charge in [0.1, 0.15) is 12.2 Å². The molecule has 0 bridgehead atoms. The first-order valence-electron chi connectivity index (χ1n) is 8.31. The first kappa shape index (κ1) is 17.1. The van der Waals surface area contributed by atoms with E-state index in [2.05, 4.69) is 39.7 Å². The van der Waals surface area contributed by atoms with Crippen molar-refractivity contribution in [3.63, 3.8) is 0 Å². The summed E-state index contributed by atoms with van der Waals surface area (Å²) in [4.78, 5) is 16.7. The summed E-state index contributed by atoms with van der Waals surface area (Å²) in [5.74, 6) is 1.78. The highest BCUT2D eigenvalue weighted by Crippen LogP contribution is 2.33. The lowest BCUT2D eigenvalue weighted by atomic mass is 9.91. The van der Waals surface area contributed by atoms with Gasteiger partial charge in [-0.15, -0.1) is 10.2 Å². The molecule has 2 heterocycles. The van der Waals surface area contributed by atoms with E-state index >= 15 is 0 Å². The number of hydrogen-bond donors (Lipinski definition) is 0. The number of aromatic nitrogens is 5. The molecule has 0 unspecified atom stereocenters. The van der Waals surface area contributed by atoms with Crippen LogP contribution in [0.25, 0.3) is 11.4 Å². The minimum Gasteiger partial charge on any atom is -0.321 e. The van der Waals surface area contributed by atoms with Crippen molar-refractivity contribution in [3.05, 3.63) is 52.9 Å². The van der Waals surface area contributed by atoms with E-state index in [0.29, 0.717) is 0 Å². The van der Waals surface area contributed by atoms with Crippen molar-refractivity contribution in [1.82, 2.24) is 24.3 Å². The molecule has 130 valence electrons. The number of carbonyl (C=O) groups excluding carboxylic acids is 1. The fourth-order valence-corrected chi connectivity index (χ4v) is 3.69. The molecule has 0 aliphatic rings. The number of benzene rings is 1. The summed E-state index contributed by atoms with van der Waals surface area (Å²) in [6.45, 7) is 9.72. The van der Waals surface area contributed by atoms with Crippen molar-refractivity contribution in [1.29, 1.82) is 0 Å². The lowest BCUT2D eigenvalue weighted by molar-refractivity contribution is 0.101. The molecule has 0 saturated heterocycles. The average molecular weight is 337 g/mol. The Hall–Kier alpha value is -2.76. The summed E-state index contributed by atoms with van der Waals surface area (Å²) in [5, 5.41) is 8.20. The van der Waals surface area contributed by atoms with Crippen LogP contribution in [-0.4, -0.2) is 30.1 Å². The Labute approximate surface area is 147 Å². The first-order chi connectivity index (χ1) is 11.8. The van der Waals surface area contributed by atoms with Gasteiger partial charge in [0, 0.05) is 30.6 Å². The molecule has 0 radical (unpaired) electrons. The zero-order valence-electron chi connectivity index (χ0n) is 15.5. The van der Waals surface area contributed by atoms with Crippen LogP contribution in [0.2, 0.25) is 0 Å². The molecule has 6 nitrogen and oxygen atoms in total. The zero-order valence-corrected chi connectivity index (χ0v) is 15.5. The molecule has 6 heteroatoms. The van der Waals surface area contributed by atoms with Gasteiger partial charge in [-0.05, 0) is 51.3 Å². The van der Waals surface area contributed by atoms with Crippen LogP contribution in [-0.2, 0) is 7.05 Å². The third-order valence-corrected chi connectivity index (χ3v) is 4.75. The van der Waals surface area contributed by atoms with Gasteiger partial charge in [-0.1, -0.05) is 6.07 Å². The molecule has 3 aromatic rings. The van der Waals surface area contributed by atoms with Crippen LogP contribution in [0, 0.1) is 20.8 Å². The summed E-state index contributed by atoms with van der Waals surface area (Å²) >= 11 is 0. The van der Waals surface area contributed by atoms with Gasteiger partial charge < -0.3 is 9.13 Å². The number of nitrogens with zero attached hydrogens (tertiary/aromatic N) is 5. The molecule has 3 rings (SSSR count). The molecule has 25 heavy (non-hydrogen) atoms. The molecular formula is C19H23N5O. The van der Waals surface area contributed by atoms with E-state index in [4.69, 9.17) is 0 Å². The van der Waals surface area contributed by atoms with Crippen molar-refractivity contribution in [2.45, 2.75) is 40.7 Å². The Morgan fingerprint density at radius 3 is 2.52 bits per heavy atom. The maximum atomic E-state index is 12.1. The van der Waals surface area contributed by atoms with Gasteiger partial charge in [0.05, 0.1) is 6.04 Å². The van der Waals surface area contributed by atoms with Gasteiger partial charge in [0.2, 0.25) is 0 Å². The van der Waals surface area contributed by atoms with E-state index in [1.165, 1.54) is 0 Å². The van der Waals surface area contributed by atoms with E-state index in [1.54, 1.807) is 19.4 Å². The number of hydrogen-bond acceptors (Lipinski definition) is 4. The number of aryl methyl sites for hydroxylation is 3. The maximum absolute atomic E-state index is 12.1. The number of rotatable bonds is 4. The number of ketones is 1. The lowest BCUT2D eigenvalue weighted by Gasteiger charge is -2.20. The highest BCUT2D eigenvalue weighted by atomic mass is 16.1. The Balaban J connectivity index is 2.20. The lowest BCUT2D eigenvalue weighted by Crippen LogP contribution is -2.14. The van der Waals surface area contributed by atoms with Crippen LogP contribution in [0.4, 0.5) is 0 Å². The summed E-state index contributed by atoms with van der Waals surface area (Å²) in [5.41, 5.74) is 4.88. The predicted molar refractivity (Wildman–Crippen MR) is 96.7 cm³/mol. The molecule has 1 aromatic carbocycles. The van der Waals surface area contributed by atoms with Crippen molar-refractivity contribution in [3.8, 4) is 11.4 Å². The molecule has 0 amide bonds. The van der Waals surface area contributed by atoms with Gasteiger partial charge in [-0.2, -0.15) is 0 Å². The Morgan fingerprint density at radius 1 is 1.20 bits per heavy atom. The second-order valence-electron chi connectivity index (χ2n) is 6.58. The largest absolute Gasteiger partial charge is 0.321 e. The van der Waals surface area contributed by atoms with Crippen molar-refractivity contribution in [2.24, 2.45) is 7.05 Å². The van der Waals surface area contributed by atoms with Crippen LogP contribution in [0.1, 0.15) is 52.8 Å². The van der Waals surface area contributed by atoms with Crippen molar-refractivity contribution >= 4 is 5.78 Å². The molecule has 0 spiro atoms. The van der Waals surface area contributed by atoms with Crippen LogP contribution >= 0.6 is 0 Å². The van der Waals surface area contributed by atoms with E-state index in [0.717, 1.165) is 39.5 Å². The molecule has 2 aromatic heterocycles. The van der Waals surface area contributed by atoms with E-state index in [9.17, 15) is 4.79 Å². The van der Waals surface area contributed by atoms with Gasteiger partial charge >= 0.3 is 0 Å². The Morgan fingerprint density at radius 2 is 1.92 bits per heavy atom. The quantitative estimate of drug-likeness (QED) is 0.684. The molecule has 1 atom stereocenters. The Kier molecular flexibility index (Phi) is 4.29. The first-order valence-corrected chi connectivity index (χ1v) is 8.31. The second-order valence-corrected chi connectivity index (χ2v) is 6.58. The molecular weight excluding hydrogens is 314 g/mol. The summed E-state index contributed by atoms with van der Waals surface area (Å²) in [6.07, 6.45) is 5.42. The van der Waals surface area contributed by atoms with Gasteiger partial charge in [-0.3, -0.25) is 4.79 Å². The Bertz CT molecular complexity index is 951. The fraction of sp³-hybridized carbons (Fsp3) is 0.368. The highest BCUT2D eigenvalue weighted by molar-refractivity contribution is 5.99. The monoisotopic (exact) mass is 337 g/mol. The van der Waals surface area contributed by atoms with Crippen molar-refractivity contribution < 1.29 is 4.79 Å². The van der Waals surface area contributed by atoms with Gasteiger partial charge in [0.25, 0.3) is 0 Å². The van der Waals surface area contributed by atoms with Gasteiger partial charge in [0.15, 0.2) is 11.6 Å². The maximum Gasteiger partial charge on any atom is 0.160 e. The minimum atomic E-state index is -0.0223. The zero-order chi connectivity index (χ0) is 18.3.